The molecule has 0 fully saturated rings. The first-order valence-electron chi connectivity index (χ1n) is 6.60. The summed E-state index contributed by atoms with van der Waals surface area (Å²) < 4.78 is 10.4. The summed E-state index contributed by atoms with van der Waals surface area (Å²) in [5, 5.41) is 10.2. The Bertz CT molecular complexity index is 373. The normalized spacial score (nSPS) is 14.2. The largest absolute Gasteiger partial charge is 0.460 e. The molecule has 0 aliphatic rings. The van der Waals surface area contributed by atoms with Crippen molar-refractivity contribution in [3.63, 3.8) is 0 Å². The molecule has 0 saturated carbocycles. The van der Waals surface area contributed by atoms with Crippen LogP contribution in [0.15, 0.2) is 30.3 Å². The quantitative estimate of drug-likeness (QED) is 0.770. The van der Waals surface area contributed by atoms with Gasteiger partial charge in [0.05, 0.1) is 0 Å². The molecule has 2 atom stereocenters. The number of carbonyl (C=O) groups excluding carboxylic acids is 1. The predicted octanol–water partition coefficient (Wildman–Crippen LogP) is 2.47. The van der Waals surface area contributed by atoms with E-state index in [9.17, 15) is 9.90 Å². The van der Waals surface area contributed by atoms with Gasteiger partial charge in [-0.25, -0.2) is 4.79 Å². The zero-order valence-corrected chi connectivity index (χ0v) is 11.7. The molecule has 0 heterocycles. The van der Waals surface area contributed by atoms with E-state index in [2.05, 4.69) is 0 Å². The van der Waals surface area contributed by atoms with Crippen molar-refractivity contribution in [2.75, 3.05) is 7.11 Å². The Labute approximate surface area is 114 Å². The zero-order chi connectivity index (χ0) is 14.3. The van der Waals surface area contributed by atoms with Crippen LogP contribution in [-0.4, -0.2) is 30.4 Å². The van der Waals surface area contributed by atoms with Gasteiger partial charge in [0, 0.05) is 7.11 Å². The van der Waals surface area contributed by atoms with Crippen molar-refractivity contribution in [3.05, 3.63) is 35.9 Å². The number of carbonyl (C=O) groups is 1. The van der Waals surface area contributed by atoms with Crippen molar-refractivity contribution < 1.29 is 19.4 Å². The van der Waals surface area contributed by atoms with E-state index in [4.69, 9.17) is 9.47 Å². The highest BCUT2D eigenvalue weighted by molar-refractivity contribution is 5.76. The molecule has 0 radical (unpaired) electrons. The molecule has 4 nitrogen and oxygen atoms in total. The fourth-order valence-corrected chi connectivity index (χ4v) is 1.87. The van der Waals surface area contributed by atoms with Crippen LogP contribution >= 0.6 is 0 Å². The van der Waals surface area contributed by atoms with Crippen LogP contribution in [0.1, 0.15) is 38.4 Å². The first-order chi connectivity index (χ1) is 9.13. The average Bonchev–Trinajstić information content (AvgIpc) is 2.46. The zero-order valence-electron chi connectivity index (χ0n) is 11.7. The van der Waals surface area contributed by atoms with Crippen molar-refractivity contribution in [1.29, 1.82) is 0 Å². The van der Waals surface area contributed by atoms with E-state index in [0.717, 1.165) is 12.8 Å². The second-order valence-electron chi connectivity index (χ2n) is 4.39. The molecular weight excluding hydrogens is 244 g/mol. The van der Waals surface area contributed by atoms with Gasteiger partial charge in [0.1, 0.15) is 12.2 Å². The van der Waals surface area contributed by atoms with Crippen LogP contribution in [0.3, 0.4) is 0 Å². The summed E-state index contributed by atoms with van der Waals surface area (Å²) in [6, 6.07) is 8.96. The van der Waals surface area contributed by atoms with Gasteiger partial charge in [-0.05, 0) is 18.4 Å². The Morgan fingerprint density at radius 3 is 2.26 bits per heavy atom. The molecular formula is C15H22O4. The van der Waals surface area contributed by atoms with E-state index in [0.29, 0.717) is 5.56 Å². The van der Waals surface area contributed by atoms with E-state index in [-0.39, 0.29) is 6.10 Å². The third-order valence-corrected chi connectivity index (χ3v) is 3.11. The van der Waals surface area contributed by atoms with Gasteiger partial charge in [-0.3, -0.25) is 0 Å². The minimum absolute atomic E-state index is 0.131. The monoisotopic (exact) mass is 266 g/mol. The van der Waals surface area contributed by atoms with Gasteiger partial charge in [0.2, 0.25) is 0 Å². The van der Waals surface area contributed by atoms with Crippen LogP contribution in [0.4, 0.5) is 0 Å². The van der Waals surface area contributed by atoms with Gasteiger partial charge in [0.25, 0.3) is 0 Å². The minimum Gasteiger partial charge on any atom is -0.460 e. The molecule has 1 aromatic carbocycles. The molecule has 0 spiro atoms. The molecule has 0 aliphatic heterocycles. The average molecular weight is 266 g/mol. The third kappa shape index (κ3) is 4.33. The molecule has 19 heavy (non-hydrogen) atoms. The molecule has 0 aromatic heterocycles. The highest BCUT2D eigenvalue weighted by atomic mass is 16.6. The molecule has 1 rings (SSSR count). The molecule has 0 aliphatic carbocycles. The summed E-state index contributed by atoms with van der Waals surface area (Å²) in [5.74, 6) is -0.521. The molecule has 1 N–H and O–H groups in total. The van der Waals surface area contributed by atoms with Gasteiger partial charge in [-0.2, -0.15) is 0 Å². The lowest BCUT2D eigenvalue weighted by Gasteiger charge is -2.23. The summed E-state index contributed by atoms with van der Waals surface area (Å²) in [6.45, 7) is 3.91. The summed E-state index contributed by atoms with van der Waals surface area (Å²) >= 11 is 0. The molecule has 0 bridgehead atoms. The molecule has 4 heteroatoms. The lowest BCUT2D eigenvalue weighted by molar-refractivity contribution is -0.168. The molecule has 106 valence electrons. The van der Waals surface area contributed by atoms with Gasteiger partial charge < -0.3 is 14.6 Å². The van der Waals surface area contributed by atoms with Gasteiger partial charge in [-0.15, -0.1) is 0 Å². The maximum absolute atomic E-state index is 12.0. The Kier molecular flexibility index (Phi) is 6.53. The van der Waals surface area contributed by atoms with E-state index in [1.807, 2.05) is 19.9 Å². The van der Waals surface area contributed by atoms with Gasteiger partial charge in [-0.1, -0.05) is 44.2 Å². The standard InChI is InChI=1S/C15H22O4/c1-4-12(5-2)19-15(17)14(18-3)13(16)11-9-7-6-8-10-11/h6-10,12-14,16H,4-5H2,1-3H3/t13-,14-/m0/s1. The number of aliphatic hydroxyl groups is 1. The Morgan fingerprint density at radius 1 is 1.21 bits per heavy atom. The Morgan fingerprint density at radius 2 is 1.79 bits per heavy atom. The minimum atomic E-state index is -1.02. The van der Waals surface area contributed by atoms with Gasteiger partial charge in [0.15, 0.2) is 6.10 Å². The maximum atomic E-state index is 12.0. The first kappa shape index (κ1) is 15.7. The second-order valence-corrected chi connectivity index (χ2v) is 4.39. The van der Waals surface area contributed by atoms with E-state index in [1.54, 1.807) is 24.3 Å². The van der Waals surface area contributed by atoms with Crippen molar-refractivity contribution >= 4 is 5.97 Å². The summed E-state index contributed by atoms with van der Waals surface area (Å²) in [5.41, 5.74) is 0.635. The van der Waals surface area contributed by atoms with E-state index in [1.165, 1.54) is 7.11 Å². The topological polar surface area (TPSA) is 55.8 Å². The van der Waals surface area contributed by atoms with Crippen molar-refractivity contribution in [2.24, 2.45) is 0 Å². The Balaban J connectivity index is 2.74. The van der Waals surface area contributed by atoms with Crippen LogP contribution in [-0.2, 0) is 14.3 Å². The third-order valence-electron chi connectivity index (χ3n) is 3.11. The lowest BCUT2D eigenvalue weighted by Crippen LogP contribution is -2.34. The van der Waals surface area contributed by atoms with Crippen LogP contribution < -0.4 is 0 Å². The second kappa shape index (κ2) is 7.92. The maximum Gasteiger partial charge on any atom is 0.338 e. The Hall–Kier alpha value is -1.39. The SMILES string of the molecule is CCC(CC)OC(=O)[C@@H](OC)[C@@H](O)c1ccccc1. The van der Waals surface area contributed by atoms with Crippen molar-refractivity contribution in [1.82, 2.24) is 0 Å². The first-order valence-corrected chi connectivity index (χ1v) is 6.60. The number of hydrogen-bond donors (Lipinski definition) is 1. The summed E-state index contributed by atoms with van der Waals surface area (Å²) in [7, 11) is 1.39. The van der Waals surface area contributed by atoms with Crippen LogP contribution in [0.25, 0.3) is 0 Å². The fraction of sp³-hybridized carbons (Fsp3) is 0.533. The van der Waals surface area contributed by atoms with Crippen molar-refractivity contribution in [2.45, 2.75) is 45.0 Å². The number of aliphatic hydroxyl groups excluding tert-OH is 1. The number of rotatable bonds is 7. The van der Waals surface area contributed by atoms with Crippen LogP contribution in [0.2, 0.25) is 0 Å². The summed E-state index contributed by atoms with van der Waals surface area (Å²) in [4.78, 5) is 12.0. The summed E-state index contributed by atoms with van der Waals surface area (Å²) in [6.07, 6.45) is -0.649. The number of esters is 1. The highest BCUT2D eigenvalue weighted by Gasteiger charge is 2.30. The lowest BCUT2D eigenvalue weighted by atomic mass is 10.0. The number of ether oxygens (including phenoxy) is 2. The van der Waals surface area contributed by atoms with E-state index < -0.39 is 18.2 Å². The fourth-order valence-electron chi connectivity index (χ4n) is 1.87. The molecule has 0 amide bonds. The molecule has 0 saturated heterocycles. The van der Waals surface area contributed by atoms with Crippen molar-refractivity contribution in [3.8, 4) is 0 Å². The van der Waals surface area contributed by atoms with Crippen LogP contribution in [0, 0.1) is 0 Å². The number of methoxy groups -OCH3 is 1. The highest BCUT2D eigenvalue weighted by Crippen LogP contribution is 2.20. The number of benzene rings is 1. The smallest absolute Gasteiger partial charge is 0.338 e. The van der Waals surface area contributed by atoms with Gasteiger partial charge >= 0.3 is 5.97 Å². The number of hydrogen-bond acceptors (Lipinski definition) is 4. The van der Waals surface area contributed by atoms with Crippen LogP contribution in [0.5, 0.6) is 0 Å². The predicted molar refractivity (Wildman–Crippen MR) is 72.7 cm³/mol. The molecule has 0 unspecified atom stereocenters. The molecule has 1 aromatic rings. The van der Waals surface area contributed by atoms with E-state index >= 15 is 0 Å².